The van der Waals surface area contributed by atoms with Crippen molar-refractivity contribution in [1.82, 2.24) is 10.8 Å². The Hall–Kier alpha value is -4.15. The number of anilines is 1. The maximum atomic E-state index is 12.2. The van der Waals surface area contributed by atoms with Crippen LogP contribution < -0.4 is 27.6 Å². The summed E-state index contributed by atoms with van der Waals surface area (Å²) < 4.78 is 0. The lowest BCUT2D eigenvalue weighted by Gasteiger charge is -2.14. The number of benzene rings is 2. The van der Waals surface area contributed by atoms with Gasteiger partial charge in [0, 0.05) is 23.2 Å². The van der Waals surface area contributed by atoms with Crippen LogP contribution in [0, 0.1) is 23.7 Å². The van der Waals surface area contributed by atoms with Crippen LogP contribution in [0.5, 0.6) is 0 Å². The first-order valence-electron chi connectivity index (χ1n) is 9.14. The SMILES string of the molecule is C.NCC(=O)Nc1ccccc1C#CC#Cc1ccc(C(=O)N[C@@H](CN)C(=O)NO)cc1. The van der Waals surface area contributed by atoms with Gasteiger partial charge in [0.15, 0.2) is 0 Å². The first kappa shape index (κ1) is 25.9. The van der Waals surface area contributed by atoms with Crippen LogP contribution in [0.4, 0.5) is 5.69 Å². The van der Waals surface area contributed by atoms with E-state index >= 15 is 0 Å². The highest BCUT2D eigenvalue weighted by atomic mass is 16.5. The molecule has 0 aliphatic heterocycles. The van der Waals surface area contributed by atoms with Gasteiger partial charge in [0.1, 0.15) is 6.04 Å². The van der Waals surface area contributed by atoms with Gasteiger partial charge < -0.3 is 22.1 Å². The van der Waals surface area contributed by atoms with Crippen molar-refractivity contribution in [2.75, 3.05) is 18.4 Å². The molecule has 32 heavy (non-hydrogen) atoms. The summed E-state index contributed by atoms with van der Waals surface area (Å²) in [7, 11) is 0. The van der Waals surface area contributed by atoms with Gasteiger partial charge in [0.25, 0.3) is 11.8 Å². The lowest BCUT2D eigenvalue weighted by Crippen LogP contribution is -2.50. The van der Waals surface area contributed by atoms with Gasteiger partial charge in [-0.15, -0.1) is 0 Å². The van der Waals surface area contributed by atoms with Gasteiger partial charge in [0.2, 0.25) is 5.91 Å². The number of carbonyl (C=O) groups excluding carboxylic acids is 3. The molecule has 0 heterocycles. The number of hydrogen-bond donors (Lipinski definition) is 6. The second-order valence-electron chi connectivity index (χ2n) is 6.11. The van der Waals surface area contributed by atoms with Crippen molar-refractivity contribution in [3.8, 4) is 23.7 Å². The van der Waals surface area contributed by atoms with Crippen LogP contribution in [0.15, 0.2) is 48.5 Å². The van der Waals surface area contributed by atoms with Gasteiger partial charge in [-0.1, -0.05) is 31.4 Å². The summed E-state index contributed by atoms with van der Waals surface area (Å²) >= 11 is 0. The molecule has 0 unspecified atom stereocenters. The van der Waals surface area contributed by atoms with Gasteiger partial charge in [-0.2, -0.15) is 0 Å². The van der Waals surface area contributed by atoms with Crippen LogP contribution in [-0.4, -0.2) is 42.1 Å². The summed E-state index contributed by atoms with van der Waals surface area (Å²) in [6, 6.07) is 12.3. The zero-order chi connectivity index (χ0) is 22.6. The van der Waals surface area contributed by atoms with E-state index in [4.69, 9.17) is 16.7 Å². The highest BCUT2D eigenvalue weighted by Crippen LogP contribution is 2.13. The van der Waals surface area contributed by atoms with Crippen molar-refractivity contribution >= 4 is 23.4 Å². The quantitative estimate of drug-likeness (QED) is 0.216. The van der Waals surface area contributed by atoms with E-state index < -0.39 is 17.9 Å². The molecule has 0 spiro atoms. The third-order valence-electron chi connectivity index (χ3n) is 3.97. The van der Waals surface area contributed by atoms with Gasteiger partial charge in [0.05, 0.1) is 12.2 Å². The van der Waals surface area contributed by atoms with Gasteiger partial charge in [-0.3, -0.25) is 19.6 Å². The summed E-state index contributed by atoms with van der Waals surface area (Å²) in [4.78, 5) is 35.0. The van der Waals surface area contributed by atoms with E-state index in [2.05, 4.69) is 34.3 Å². The molecular weight excluding hydrogens is 410 g/mol. The molecule has 166 valence electrons. The third-order valence-corrected chi connectivity index (χ3v) is 3.97. The maximum absolute atomic E-state index is 12.2. The Morgan fingerprint density at radius 1 is 0.969 bits per heavy atom. The summed E-state index contributed by atoms with van der Waals surface area (Å²) in [6.07, 6.45) is 0. The van der Waals surface area contributed by atoms with E-state index in [1.807, 2.05) is 0 Å². The fourth-order valence-corrected chi connectivity index (χ4v) is 2.36. The van der Waals surface area contributed by atoms with Crippen LogP contribution in [-0.2, 0) is 9.59 Å². The molecule has 9 heteroatoms. The Kier molecular flexibility index (Phi) is 10.7. The molecule has 0 aromatic heterocycles. The predicted molar refractivity (Wildman–Crippen MR) is 121 cm³/mol. The molecule has 2 aromatic carbocycles. The first-order valence-corrected chi connectivity index (χ1v) is 9.14. The number of carbonyl (C=O) groups is 3. The molecule has 0 bridgehead atoms. The first-order chi connectivity index (χ1) is 15.0. The third kappa shape index (κ3) is 7.59. The molecule has 0 radical (unpaired) electrons. The summed E-state index contributed by atoms with van der Waals surface area (Å²) in [6.45, 7) is -0.295. The molecule has 2 aromatic rings. The minimum Gasteiger partial charge on any atom is -0.339 e. The van der Waals surface area contributed by atoms with Crippen LogP contribution in [0.3, 0.4) is 0 Å². The Bertz CT molecular complexity index is 1080. The molecule has 0 saturated heterocycles. The number of nitrogens with one attached hydrogen (secondary N) is 3. The minimum atomic E-state index is -1.05. The second kappa shape index (κ2) is 13.2. The Labute approximate surface area is 186 Å². The van der Waals surface area contributed by atoms with E-state index in [-0.39, 0.29) is 26.4 Å². The van der Waals surface area contributed by atoms with E-state index in [9.17, 15) is 14.4 Å². The number of para-hydroxylation sites is 1. The van der Waals surface area contributed by atoms with E-state index in [0.29, 0.717) is 22.4 Å². The summed E-state index contributed by atoms with van der Waals surface area (Å²) in [5.74, 6) is 9.51. The van der Waals surface area contributed by atoms with Crippen molar-refractivity contribution in [3.63, 3.8) is 0 Å². The molecule has 2 rings (SSSR count). The fourth-order valence-electron chi connectivity index (χ4n) is 2.36. The molecule has 0 aliphatic carbocycles. The Morgan fingerprint density at radius 3 is 2.25 bits per heavy atom. The van der Waals surface area contributed by atoms with Gasteiger partial charge in [-0.25, -0.2) is 5.48 Å². The van der Waals surface area contributed by atoms with Crippen LogP contribution in [0.25, 0.3) is 0 Å². The molecule has 3 amide bonds. The van der Waals surface area contributed by atoms with E-state index in [1.165, 1.54) is 17.6 Å². The van der Waals surface area contributed by atoms with Crippen LogP contribution in [0.1, 0.15) is 28.9 Å². The monoisotopic (exact) mass is 435 g/mol. The van der Waals surface area contributed by atoms with Crippen molar-refractivity contribution in [2.24, 2.45) is 11.5 Å². The van der Waals surface area contributed by atoms with Crippen LogP contribution in [0.2, 0.25) is 0 Å². The smallest absolute Gasteiger partial charge is 0.267 e. The molecule has 9 nitrogen and oxygen atoms in total. The Balaban J connectivity index is 0.00000512. The van der Waals surface area contributed by atoms with Crippen LogP contribution >= 0.6 is 0 Å². The topological polar surface area (TPSA) is 160 Å². The molecule has 0 aliphatic rings. The average molecular weight is 435 g/mol. The number of amides is 3. The van der Waals surface area contributed by atoms with Gasteiger partial charge in [-0.05, 0) is 48.2 Å². The zero-order valence-corrected chi connectivity index (χ0v) is 16.4. The molecule has 0 fully saturated rings. The summed E-state index contributed by atoms with van der Waals surface area (Å²) in [5, 5.41) is 13.7. The zero-order valence-electron chi connectivity index (χ0n) is 16.4. The lowest BCUT2D eigenvalue weighted by molar-refractivity contribution is -0.130. The lowest BCUT2D eigenvalue weighted by atomic mass is 10.1. The predicted octanol–water partition coefficient (Wildman–Crippen LogP) is 0.186. The average Bonchev–Trinajstić information content (AvgIpc) is 2.80. The normalized spacial score (nSPS) is 10.1. The molecule has 1 atom stereocenters. The molecule has 0 saturated carbocycles. The van der Waals surface area contributed by atoms with E-state index in [1.54, 1.807) is 36.4 Å². The van der Waals surface area contributed by atoms with E-state index in [0.717, 1.165) is 0 Å². The van der Waals surface area contributed by atoms with Crippen molar-refractivity contribution in [3.05, 3.63) is 65.2 Å². The Morgan fingerprint density at radius 2 is 1.62 bits per heavy atom. The standard InChI is InChI=1S/C22H21N5O4.CH4/c23-13-19(22(30)27-31)26-21(29)17-11-9-15(10-12-17)5-1-2-6-16-7-3-4-8-18(16)25-20(28)14-24;/h3-4,7-12,19,31H,13-14,23-24H2,(H,25,28)(H,26,29)(H,27,30);1H4/t19-;/m0./s1. The van der Waals surface area contributed by atoms with Gasteiger partial charge >= 0.3 is 0 Å². The van der Waals surface area contributed by atoms with Crippen molar-refractivity contribution in [2.45, 2.75) is 13.5 Å². The number of nitrogens with two attached hydrogens (primary N) is 2. The minimum absolute atomic E-state index is 0. The molecular formula is C23H25N5O4. The molecule has 8 N–H and O–H groups in total. The highest BCUT2D eigenvalue weighted by molar-refractivity contribution is 5.97. The maximum Gasteiger partial charge on any atom is 0.267 e. The fraction of sp³-hybridized carbons (Fsp3) is 0.174. The van der Waals surface area contributed by atoms with Crippen molar-refractivity contribution < 1.29 is 19.6 Å². The van der Waals surface area contributed by atoms with Crippen molar-refractivity contribution in [1.29, 1.82) is 0 Å². The number of hydroxylamine groups is 1. The largest absolute Gasteiger partial charge is 0.339 e. The number of rotatable bonds is 6. The highest BCUT2D eigenvalue weighted by Gasteiger charge is 2.19. The number of hydrogen-bond acceptors (Lipinski definition) is 6. The summed E-state index contributed by atoms with van der Waals surface area (Å²) in [5.41, 5.74) is 14.2. The second-order valence-corrected chi connectivity index (χ2v) is 6.11.